The molecular weight excluding hydrogens is 235 g/mol. The summed E-state index contributed by atoms with van der Waals surface area (Å²) in [7, 11) is 0. The van der Waals surface area contributed by atoms with Crippen LogP contribution in [0.15, 0.2) is 0 Å². The number of aliphatic carboxylic acids is 1. The number of aliphatic hydroxyl groups excluding tert-OH is 1. The Kier molecular flexibility index (Phi) is 4.12. The van der Waals surface area contributed by atoms with E-state index in [9.17, 15) is 4.79 Å². The van der Waals surface area contributed by atoms with Crippen LogP contribution in [0.25, 0.3) is 0 Å². The summed E-state index contributed by atoms with van der Waals surface area (Å²) in [6.07, 6.45) is -0.233. The van der Waals surface area contributed by atoms with Crippen molar-refractivity contribution < 1.29 is 15.0 Å². The summed E-state index contributed by atoms with van der Waals surface area (Å²) in [5.74, 6) is -0.954. The molecule has 0 aliphatic carbocycles. The Balaban J connectivity index is 3.72. The van der Waals surface area contributed by atoms with Crippen molar-refractivity contribution in [3.63, 3.8) is 0 Å². The highest BCUT2D eigenvalue weighted by Crippen LogP contribution is 2.08. The lowest BCUT2D eigenvalue weighted by Gasteiger charge is -2.09. The van der Waals surface area contributed by atoms with Crippen molar-refractivity contribution in [3.8, 4) is 0 Å². The van der Waals surface area contributed by atoms with Crippen molar-refractivity contribution in [3.05, 3.63) is 0 Å². The van der Waals surface area contributed by atoms with Crippen LogP contribution in [0, 0.1) is 0 Å². The molecule has 0 amide bonds. The van der Waals surface area contributed by atoms with Gasteiger partial charge in [-0.2, -0.15) is 0 Å². The number of alkyl halides is 1. The highest BCUT2D eigenvalue weighted by atomic mass is 127. The van der Waals surface area contributed by atoms with Crippen LogP contribution < -0.4 is 0 Å². The van der Waals surface area contributed by atoms with E-state index < -0.39 is 16.0 Å². The minimum Gasteiger partial charge on any atom is -0.480 e. The first-order valence-corrected chi connectivity index (χ1v) is 3.89. The van der Waals surface area contributed by atoms with Gasteiger partial charge in [-0.05, 0) is 6.42 Å². The Morgan fingerprint density at radius 1 is 1.78 bits per heavy atom. The van der Waals surface area contributed by atoms with Crippen LogP contribution in [0.1, 0.15) is 13.3 Å². The van der Waals surface area contributed by atoms with Crippen LogP contribution in [0.5, 0.6) is 0 Å². The van der Waals surface area contributed by atoms with Crippen molar-refractivity contribution in [1.29, 1.82) is 0 Å². The van der Waals surface area contributed by atoms with Gasteiger partial charge in [0, 0.05) is 0 Å². The molecule has 2 N–H and O–H groups in total. The third-order valence-corrected chi connectivity index (χ3v) is 2.35. The third kappa shape index (κ3) is 3.00. The van der Waals surface area contributed by atoms with E-state index in [-0.39, 0.29) is 0 Å². The molecule has 0 spiro atoms. The maximum absolute atomic E-state index is 10.1. The zero-order valence-electron chi connectivity index (χ0n) is 5.04. The van der Waals surface area contributed by atoms with E-state index in [1.165, 1.54) is 0 Å². The predicted molar refractivity (Wildman–Crippen MR) is 41.7 cm³/mol. The Bertz CT molecular complexity index is 104. The van der Waals surface area contributed by atoms with Crippen molar-refractivity contribution in [2.24, 2.45) is 0 Å². The maximum atomic E-state index is 10.1. The minimum atomic E-state index is -0.954. The second kappa shape index (κ2) is 4.05. The van der Waals surface area contributed by atoms with Gasteiger partial charge in [-0.25, -0.2) is 0 Å². The smallest absolute Gasteiger partial charge is 0.319 e. The molecule has 0 bridgehead atoms. The molecule has 2 unspecified atom stereocenters. The lowest BCUT2D eigenvalue weighted by Crippen LogP contribution is -2.27. The summed E-state index contributed by atoms with van der Waals surface area (Å²) in [4.78, 5) is 10.1. The fraction of sp³-hybridized carbons (Fsp3) is 0.800. The van der Waals surface area contributed by atoms with E-state index in [1.54, 1.807) is 29.5 Å². The molecule has 4 heteroatoms. The number of hydrogen-bond donors (Lipinski definition) is 2. The zero-order chi connectivity index (χ0) is 7.44. The molecule has 0 aromatic heterocycles. The molecule has 0 aromatic carbocycles. The molecule has 9 heavy (non-hydrogen) atoms. The molecule has 0 heterocycles. The zero-order valence-corrected chi connectivity index (χ0v) is 7.20. The van der Waals surface area contributed by atoms with Crippen LogP contribution in [0.4, 0.5) is 0 Å². The fourth-order valence-electron chi connectivity index (χ4n) is 0.372. The second-order valence-corrected chi connectivity index (χ2v) is 3.06. The average molecular weight is 244 g/mol. The van der Waals surface area contributed by atoms with Gasteiger partial charge in [-0.3, -0.25) is 4.79 Å². The molecule has 0 aliphatic rings. The lowest BCUT2D eigenvalue weighted by atomic mass is 10.2. The first-order chi connectivity index (χ1) is 4.09. The van der Waals surface area contributed by atoms with Gasteiger partial charge in [0.05, 0.1) is 6.10 Å². The largest absolute Gasteiger partial charge is 0.480 e. The molecule has 0 saturated carbocycles. The van der Waals surface area contributed by atoms with Crippen LogP contribution in [-0.4, -0.2) is 26.2 Å². The van der Waals surface area contributed by atoms with E-state index in [0.717, 1.165) is 0 Å². The first kappa shape index (κ1) is 9.16. The highest BCUT2D eigenvalue weighted by Gasteiger charge is 2.20. The van der Waals surface area contributed by atoms with Gasteiger partial charge in [0.2, 0.25) is 0 Å². The molecule has 54 valence electrons. The van der Waals surface area contributed by atoms with Crippen LogP contribution in [0.2, 0.25) is 0 Å². The minimum absolute atomic E-state index is 0.486. The summed E-state index contributed by atoms with van der Waals surface area (Å²) in [5.41, 5.74) is 0. The quantitative estimate of drug-likeness (QED) is 0.566. The Morgan fingerprint density at radius 2 is 2.22 bits per heavy atom. The van der Waals surface area contributed by atoms with Crippen molar-refractivity contribution in [2.45, 2.75) is 23.4 Å². The van der Waals surface area contributed by atoms with Crippen molar-refractivity contribution in [2.75, 3.05) is 0 Å². The molecule has 0 aliphatic heterocycles. The van der Waals surface area contributed by atoms with E-state index in [0.29, 0.717) is 6.42 Å². The van der Waals surface area contributed by atoms with E-state index in [4.69, 9.17) is 10.2 Å². The molecule has 0 aromatic rings. The summed E-state index contributed by atoms with van der Waals surface area (Å²) in [6, 6.07) is 0. The van der Waals surface area contributed by atoms with Gasteiger partial charge in [-0.15, -0.1) is 0 Å². The number of halogens is 1. The Morgan fingerprint density at radius 3 is 2.33 bits per heavy atom. The SMILES string of the molecule is CCC(O)C(I)C(=O)O. The van der Waals surface area contributed by atoms with Gasteiger partial charge in [0.15, 0.2) is 0 Å². The summed E-state index contributed by atoms with van der Waals surface area (Å²) in [6.45, 7) is 1.75. The van der Waals surface area contributed by atoms with Gasteiger partial charge in [0.1, 0.15) is 3.92 Å². The van der Waals surface area contributed by atoms with E-state index >= 15 is 0 Å². The molecule has 0 rings (SSSR count). The van der Waals surface area contributed by atoms with E-state index in [1.807, 2.05) is 0 Å². The maximum Gasteiger partial charge on any atom is 0.319 e. The highest BCUT2D eigenvalue weighted by molar-refractivity contribution is 14.1. The standard InChI is InChI=1S/C5H9IO3/c1-2-3(7)4(6)5(8)9/h3-4,7H,2H2,1H3,(H,8,9). The average Bonchev–Trinajstić information content (AvgIpc) is 1.84. The normalized spacial score (nSPS) is 16.8. The Labute approximate surface area is 67.2 Å². The lowest BCUT2D eigenvalue weighted by molar-refractivity contribution is -0.137. The molecule has 0 fully saturated rings. The van der Waals surface area contributed by atoms with E-state index in [2.05, 4.69) is 0 Å². The van der Waals surface area contributed by atoms with Gasteiger partial charge in [-0.1, -0.05) is 29.5 Å². The molecule has 0 saturated heterocycles. The first-order valence-electron chi connectivity index (χ1n) is 2.64. The van der Waals surface area contributed by atoms with Crippen molar-refractivity contribution >= 4 is 28.6 Å². The number of carboxylic acid groups (broad SMARTS) is 1. The van der Waals surface area contributed by atoms with Crippen LogP contribution in [-0.2, 0) is 4.79 Å². The Hall–Kier alpha value is 0.160. The van der Waals surface area contributed by atoms with Gasteiger partial charge in [0.25, 0.3) is 0 Å². The van der Waals surface area contributed by atoms with Crippen LogP contribution >= 0.6 is 22.6 Å². The number of aliphatic hydroxyl groups is 1. The molecule has 3 nitrogen and oxygen atoms in total. The number of rotatable bonds is 3. The summed E-state index contributed by atoms with van der Waals surface area (Å²) in [5, 5.41) is 17.2. The van der Waals surface area contributed by atoms with Crippen molar-refractivity contribution in [1.82, 2.24) is 0 Å². The number of carbonyl (C=O) groups is 1. The fourth-order valence-corrected chi connectivity index (χ4v) is 0.880. The molecule has 0 radical (unpaired) electrons. The third-order valence-electron chi connectivity index (χ3n) is 0.992. The molecular formula is C5H9IO3. The van der Waals surface area contributed by atoms with Gasteiger partial charge < -0.3 is 10.2 Å². The predicted octanol–water partition coefficient (Wildman–Crippen LogP) is 0.645. The monoisotopic (exact) mass is 244 g/mol. The van der Waals surface area contributed by atoms with Crippen LogP contribution in [0.3, 0.4) is 0 Å². The second-order valence-electron chi connectivity index (χ2n) is 1.72. The van der Waals surface area contributed by atoms with Gasteiger partial charge >= 0.3 is 5.97 Å². The molecule has 2 atom stereocenters. The summed E-state index contributed by atoms with van der Waals surface area (Å²) >= 11 is 1.71. The topological polar surface area (TPSA) is 57.5 Å². The summed E-state index contributed by atoms with van der Waals surface area (Å²) < 4.78 is -0.674. The number of hydrogen-bond acceptors (Lipinski definition) is 2. The number of carboxylic acids is 1.